The summed E-state index contributed by atoms with van der Waals surface area (Å²) in [7, 11) is 1.40. The van der Waals surface area contributed by atoms with Crippen molar-refractivity contribution >= 4 is 74.7 Å². The number of benzene rings is 2. The van der Waals surface area contributed by atoms with Gasteiger partial charge in [0.25, 0.3) is 17.7 Å². The van der Waals surface area contributed by atoms with E-state index in [0.717, 1.165) is 16.2 Å². The standard InChI is InChI=1S/C25H20Cl2N4O6S/c1-4-37-24(35)20-12(2)28-25(38-20)30-21(32)13-5-8-15(9-6-13)29-19-18(27)22(33)31(23(19)34)16-11-14(26)7-10-17(16)36-3/h5-11,29H,4H2,1-3H3,(H,28,30,32). The Labute approximate surface area is 231 Å². The van der Waals surface area contributed by atoms with E-state index in [1.54, 1.807) is 32.0 Å². The monoisotopic (exact) mass is 574 g/mol. The predicted molar refractivity (Wildman–Crippen MR) is 144 cm³/mol. The molecule has 1 aliphatic rings. The van der Waals surface area contributed by atoms with Gasteiger partial charge in [-0.2, -0.15) is 0 Å². The van der Waals surface area contributed by atoms with Crippen LogP contribution in [0, 0.1) is 6.92 Å². The number of halogens is 2. The van der Waals surface area contributed by atoms with Crippen molar-refractivity contribution in [2.24, 2.45) is 0 Å². The summed E-state index contributed by atoms with van der Waals surface area (Å²) in [5.74, 6) is -2.12. The van der Waals surface area contributed by atoms with Crippen molar-refractivity contribution in [3.8, 4) is 5.75 Å². The minimum atomic E-state index is -0.739. The van der Waals surface area contributed by atoms with Crippen LogP contribution in [0.25, 0.3) is 0 Å². The second-order valence-corrected chi connectivity index (χ2v) is 9.57. The highest BCUT2D eigenvalue weighted by molar-refractivity contribution is 7.17. The van der Waals surface area contributed by atoms with Gasteiger partial charge in [-0.1, -0.05) is 34.5 Å². The maximum absolute atomic E-state index is 13.1. The van der Waals surface area contributed by atoms with Gasteiger partial charge < -0.3 is 14.8 Å². The van der Waals surface area contributed by atoms with E-state index >= 15 is 0 Å². The molecule has 2 heterocycles. The highest BCUT2D eigenvalue weighted by Gasteiger charge is 2.40. The number of nitrogens with zero attached hydrogens (tertiary/aromatic N) is 2. The summed E-state index contributed by atoms with van der Waals surface area (Å²) in [5.41, 5.74) is 1.17. The summed E-state index contributed by atoms with van der Waals surface area (Å²) < 4.78 is 10.2. The van der Waals surface area contributed by atoms with Gasteiger partial charge >= 0.3 is 5.97 Å². The molecule has 13 heteroatoms. The molecular weight excluding hydrogens is 555 g/mol. The molecule has 3 amide bonds. The third-order valence-electron chi connectivity index (χ3n) is 5.30. The number of hydrogen-bond donors (Lipinski definition) is 2. The number of hydrogen-bond acceptors (Lipinski definition) is 9. The molecule has 3 aromatic rings. The summed E-state index contributed by atoms with van der Waals surface area (Å²) in [6.07, 6.45) is 0. The van der Waals surface area contributed by atoms with E-state index in [1.807, 2.05) is 0 Å². The zero-order valence-electron chi connectivity index (χ0n) is 20.3. The lowest BCUT2D eigenvalue weighted by molar-refractivity contribution is -0.120. The van der Waals surface area contributed by atoms with E-state index in [4.69, 9.17) is 32.7 Å². The predicted octanol–water partition coefficient (Wildman–Crippen LogP) is 4.98. The molecule has 2 aromatic carbocycles. The van der Waals surface area contributed by atoms with Crippen molar-refractivity contribution in [2.75, 3.05) is 29.3 Å². The number of anilines is 3. The van der Waals surface area contributed by atoms with Gasteiger partial charge in [-0.15, -0.1) is 0 Å². The molecule has 196 valence electrons. The average Bonchev–Trinajstić information content (AvgIpc) is 3.36. The SMILES string of the molecule is CCOC(=O)c1sc(NC(=O)c2ccc(NC3=C(Cl)C(=O)N(c4cc(Cl)ccc4OC)C3=O)cc2)nc1C. The number of carbonyl (C=O) groups is 4. The molecule has 0 spiro atoms. The van der Waals surface area contributed by atoms with Crippen molar-refractivity contribution < 1.29 is 28.7 Å². The fourth-order valence-corrected chi connectivity index (χ4v) is 4.76. The van der Waals surface area contributed by atoms with Crippen molar-refractivity contribution in [3.05, 3.63) is 74.4 Å². The Morgan fingerprint density at radius 2 is 1.79 bits per heavy atom. The second kappa shape index (κ2) is 11.2. The van der Waals surface area contributed by atoms with Crippen LogP contribution in [0.15, 0.2) is 53.2 Å². The first-order valence-electron chi connectivity index (χ1n) is 11.1. The third-order valence-corrected chi connectivity index (χ3v) is 6.94. The van der Waals surface area contributed by atoms with Gasteiger partial charge in [0.2, 0.25) is 0 Å². The van der Waals surface area contributed by atoms with E-state index in [0.29, 0.717) is 26.8 Å². The first kappa shape index (κ1) is 27.1. The van der Waals surface area contributed by atoms with Crippen LogP contribution < -0.4 is 20.3 Å². The number of esters is 1. The van der Waals surface area contributed by atoms with Gasteiger partial charge in [0.1, 0.15) is 21.4 Å². The smallest absolute Gasteiger partial charge is 0.350 e. The third kappa shape index (κ3) is 5.35. The largest absolute Gasteiger partial charge is 0.495 e. The minimum absolute atomic E-state index is 0.138. The molecule has 0 saturated heterocycles. The minimum Gasteiger partial charge on any atom is -0.495 e. The van der Waals surface area contributed by atoms with Crippen LogP contribution in [0.3, 0.4) is 0 Å². The van der Waals surface area contributed by atoms with Gasteiger partial charge in [0.05, 0.1) is 25.1 Å². The summed E-state index contributed by atoms with van der Waals surface area (Å²) in [5, 5.41) is 5.74. The molecule has 38 heavy (non-hydrogen) atoms. The molecule has 4 rings (SSSR count). The lowest BCUT2D eigenvalue weighted by Crippen LogP contribution is -2.32. The molecule has 0 bridgehead atoms. The van der Waals surface area contributed by atoms with Gasteiger partial charge in [-0.3, -0.25) is 19.7 Å². The van der Waals surface area contributed by atoms with Crippen molar-refractivity contribution in [2.45, 2.75) is 13.8 Å². The molecule has 10 nitrogen and oxygen atoms in total. The van der Waals surface area contributed by atoms with Crippen LogP contribution in [0.2, 0.25) is 5.02 Å². The quantitative estimate of drug-likeness (QED) is 0.285. The number of imide groups is 1. The highest BCUT2D eigenvalue weighted by atomic mass is 35.5. The summed E-state index contributed by atoms with van der Waals surface area (Å²) >= 11 is 13.3. The van der Waals surface area contributed by atoms with Crippen LogP contribution in [0.1, 0.15) is 32.6 Å². The summed E-state index contributed by atoms with van der Waals surface area (Å²) in [4.78, 5) is 56.0. The lowest BCUT2D eigenvalue weighted by Gasteiger charge is -2.18. The van der Waals surface area contributed by atoms with Crippen LogP contribution in [0.4, 0.5) is 16.5 Å². The number of aromatic nitrogens is 1. The van der Waals surface area contributed by atoms with Crippen LogP contribution >= 0.6 is 34.5 Å². The van der Waals surface area contributed by atoms with Gasteiger partial charge in [0.15, 0.2) is 5.13 Å². The Bertz CT molecular complexity index is 1490. The molecule has 0 unspecified atom stereocenters. The molecule has 0 fully saturated rings. The number of methoxy groups -OCH3 is 1. The molecule has 0 aliphatic carbocycles. The maximum atomic E-state index is 13.1. The fourth-order valence-electron chi connectivity index (χ4n) is 3.52. The molecule has 2 N–H and O–H groups in total. The topological polar surface area (TPSA) is 127 Å². The molecule has 1 aliphatic heterocycles. The Balaban J connectivity index is 1.47. The summed E-state index contributed by atoms with van der Waals surface area (Å²) in [6, 6.07) is 10.6. The number of rotatable bonds is 8. The van der Waals surface area contributed by atoms with Crippen LogP contribution in [0.5, 0.6) is 5.75 Å². The van der Waals surface area contributed by atoms with Crippen molar-refractivity contribution in [1.82, 2.24) is 4.98 Å². The van der Waals surface area contributed by atoms with E-state index < -0.39 is 23.7 Å². The van der Waals surface area contributed by atoms with Crippen LogP contribution in [-0.2, 0) is 14.3 Å². The van der Waals surface area contributed by atoms with Crippen molar-refractivity contribution in [1.29, 1.82) is 0 Å². The Hall–Kier alpha value is -3.93. The second-order valence-electron chi connectivity index (χ2n) is 7.76. The van der Waals surface area contributed by atoms with Gasteiger partial charge in [-0.05, 0) is 56.3 Å². The first-order chi connectivity index (χ1) is 18.1. The normalized spacial score (nSPS) is 13.1. The van der Waals surface area contributed by atoms with Crippen molar-refractivity contribution in [3.63, 3.8) is 0 Å². The number of nitrogens with one attached hydrogen (secondary N) is 2. The lowest BCUT2D eigenvalue weighted by atomic mass is 10.2. The highest BCUT2D eigenvalue weighted by Crippen LogP contribution is 2.37. The maximum Gasteiger partial charge on any atom is 0.350 e. The zero-order chi connectivity index (χ0) is 27.6. The Morgan fingerprint density at radius 3 is 2.45 bits per heavy atom. The Kier molecular flexibility index (Phi) is 8.00. The molecule has 0 saturated carbocycles. The first-order valence-corrected chi connectivity index (χ1v) is 12.7. The Morgan fingerprint density at radius 1 is 1.08 bits per heavy atom. The number of aryl methyl sites for hydroxylation is 1. The number of ether oxygens (including phenoxy) is 2. The zero-order valence-corrected chi connectivity index (χ0v) is 22.6. The van der Waals surface area contributed by atoms with E-state index in [2.05, 4.69) is 15.6 Å². The number of carbonyl (C=O) groups excluding carboxylic acids is 4. The van der Waals surface area contributed by atoms with E-state index in [9.17, 15) is 19.2 Å². The van der Waals surface area contributed by atoms with E-state index in [1.165, 1.54) is 31.4 Å². The molecule has 0 atom stereocenters. The van der Waals surface area contributed by atoms with Gasteiger partial charge in [0, 0.05) is 16.3 Å². The molecule has 1 aromatic heterocycles. The van der Waals surface area contributed by atoms with E-state index in [-0.39, 0.29) is 33.9 Å². The molecule has 0 radical (unpaired) electrons. The fraction of sp³-hybridized carbons (Fsp3) is 0.160. The number of amides is 3. The van der Waals surface area contributed by atoms with Gasteiger partial charge in [-0.25, -0.2) is 14.7 Å². The van der Waals surface area contributed by atoms with Crippen LogP contribution in [-0.4, -0.2) is 42.4 Å². The number of thiazole rings is 1. The average molecular weight is 575 g/mol. The summed E-state index contributed by atoms with van der Waals surface area (Å²) in [6.45, 7) is 3.58. The molecular formula is C25H20Cl2N4O6S.